The van der Waals surface area contributed by atoms with Crippen LogP contribution >= 0.6 is 23.1 Å². The second kappa shape index (κ2) is 2.64. The maximum atomic E-state index is 2.41. The molecule has 0 unspecified atom stereocenters. The standard InChI is InChI=1S/C10H10S2/c1-2-9(11-5-1)10-7-3-4-8(6-7)12-10/h1-5,7-8,10H,6H2/t7-,8+,10-/m0/s1. The number of hydrogen-bond acceptors (Lipinski definition) is 2. The first kappa shape index (κ1) is 7.22. The van der Waals surface area contributed by atoms with Crippen molar-refractivity contribution >= 4 is 23.1 Å². The molecule has 1 aromatic rings. The lowest BCUT2D eigenvalue weighted by molar-refractivity contribution is 0.665. The van der Waals surface area contributed by atoms with Crippen molar-refractivity contribution < 1.29 is 0 Å². The van der Waals surface area contributed by atoms with Crippen LogP contribution in [0.5, 0.6) is 0 Å². The molecule has 1 aromatic heterocycles. The smallest absolute Gasteiger partial charge is 0.0460 e. The van der Waals surface area contributed by atoms with E-state index in [-0.39, 0.29) is 0 Å². The van der Waals surface area contributed by atoms with E-state index in [0.717, 1.165) is 16.4 Å². The van der Waals surface area contributed by atoms with Crippen LogP contribution in [0.1, 0.15) is 16.5 Å². The van der Waals surface area contributed by atoms with Crippen molar-refractivity contribution in [3.05, 3.63) is 34.5 Å². The number of fused-ring (bicyclic) bond motifs is 2. The molecule has 0 aromatic carbocycles. The van der Waals surface area contributed by atoms with Crippen molar-refractivity contribution in [3.8, 4) is 0 Å². The van der Waals surface area contributed by atoms with Crippen molar-refractivity contribution in [2.75, 3.05) is 0 Å². The SMILES string of the molecule is C1=C[C@H]2C[C@@H]1S[C@@H]2c1cccs1. The summed E-state index contributed by atoms with van der Waals surface area (Å²) in [5.74, 6) is 0.832. The van der Waals surface area contributed by atoms with Crippen LogP contribution < -0.4 is 0 Å². The molecule has 0 spiro atoms. The van der Waals surface area contributed by atoms with Gasteiger partial charge in [-0.1, -0.05) is 18.2 Å². The monoisotopic (exact) mass is 194 g/mol. The molecule has 0 amide bonds. The van der Waals surface area contributed by atoms with E-state index in [4.69, 9.17) is 0 Å². The fourth-order valence-electron chi connectivity index (χ4n) is 2.04. The van der Waals surface area contributed by atoms with E-state index in [1.165, 1.54) is 6.42 Å². The van der Waals surface area contributed by atoms with Crippen LogP contribution in [0.4, 0.5) is 0 Å². The largest absolute Gasteiger partial charge is 0.148 e. The van der Waals surface area contributed by atoms with Gasteiger partial charge in [-0.3, -0.25) is 0 Å². The van der Waals surface area contributed by atoms with Crippen LogP contribution in [0.2, 0.25) is 0 Å². The molecule has 3 rings (SSSR count). The molecule has 2 aliphatic rings. The van der Waals surface area contributed by atoms with Gasteiger partial charge in [-0.2, -0.15) is 0 Å². The number of hydrogen-bond donors (Lipinski definition) is 0. The second-order valence-electron chi connectivity index (χ2n) is 3.40. The zero-order valence-electron chi connectivity index (χ0n) is 6.64. The van der Waals surface area contributed by atoms with Crippen molar-refractivity contribution in [2.45, 2.75) is 16.9 Å². The average molecular weight is 194 g/mol. The highest BCUT2D eigenvalue weighted by Gasteiger charge is 2.37. The number of thioether (sulfide) groups is 1. The lowest BCUT2D eigenvalue weighted by Crippen LogP contribution is -1.98. The summed E-state index contributed by atoms with van der Waals surface area (Å²) in [6.07, 6.45) is 6.16. The molecule has 0 N–H and O–H groups in total. The number of allylic oxidation sites excluding steroid dienone is 1. The first-order valence-corrected chi connectivity index (χ1v) is 6.13. The Bertz CT molecular complexity index is 300. The lowest BCUT2D eigenvalue weighted by atomic mass is 10.0. The van der Waals surface area contributed by atoms with E-state index >= 15 is 0 Å². The van der Waals surface area contributed by atoms with Gasteiger partial charge in [0, 0.05) is 15.4 Å². The second-order valence-corrected chi connectivity index (χ2v) is 5.76. The quantitative estimate of drug-likeness (QED) is 0.617. The van der Waals surface area contributed by atoms with Crippen LogP contribution in [0, 0.1) is 5.92 Å². The molecule has 3 atom stereocenters. The van der Waals surface area contributed by atoms with Gasteiger partial charge in [-0.05, 0) is 23.8 Å². The van der Waals surface area contributed by atoms with E-state index in [1.54, 1.807) is 4.88 Å². The minimum atomic E-state index is 0.778. The first-order valence-electron chi connectivity index (χ1n) is 4.31. The van der Waals surface area contributed by atoms with Gasteiger partial charge in [-0.15, -0.1) is 23.1 Å². The molecular weight excluding hydrogens is 184 g/mol. The summed E-state index contributed by atoms with van der Waals surface area (Å²) in [7, 11) is 0. The molecule has 0 nitrogen and oxygen atoms in total. The molecule has 2 bridgehead atoms. The highest BCUT2D eigenvalue weighted by atomic mass is 32.2. The molecule has 1 saturated heterocycles. The summed E-state index contributed by atoms with van der Waals surface area (Å²) in [5.41, 5.74) is 0. The molecule has 1 fully saturated rings. The van der Waals surface area contributed by atoms with Crippen LogP contribution in [0.3, 0.4) is 0 Å². The Morgan fingerprint density at radius 3 is 2.92 bits per heavy atom. The van der Waals surface area contributed by atoms with Crippen LogP contribution in [-0.4, -0.2) is 5.25 Å². The molecule has 1 aliphatic carbocycles. The maximum Gasteiger partial charge on any atom is 0.0460 e. The van der Waals surface area contributed by atoms with Gasteiger partial charge in [-0.25, -0.2) is 0 Å². The van der Waals surface area contributed by atoms with Crippen LogP contribution in [-0.2, 0) is 0 Å². The van der Waals surface area contributed by atoms with Gasteiger partial charge >= 0.3 is 0 Å². The zero-order chi connectivity index (χ0) is 7.97. The van der Waals surface area contributed by atoms with Gasteiger partial charge in [0.25, 0.3) is 0 Å². The van der Waals surface area contributed by atoms with E-state index in [2.05, 4.69) is 41.4 Å². The molecule has 12 heavy (non-hydrogen) atoms. The summed E-state index contributed by atoms with van der Waals surface area (Å²) in [6, 6.07) is 4.44. The zero-order valence-corrected chi connectivity index (χ0v) is 8.28. The predicted octanol–water partition coefficient (Wildman–Crippen LogP) is 3.48. The van der Waals surface area contributed by atoms with E-state index in [0.29, 0.717) is 0 Å². The third-order valence-electron chi connectivity index (χ3n) is 2.61. The highest BCUT2D eigenvalue weighted by molar-refractivity contribution is 8.00. The molecule has 0 saturated carbocycles. The third-order valence-corrected chi connectivity index (χ3v) is 5.31. The molecule has 2 heterocycles. The summed E-state index contributed by atoms with van der Waals surface area (Å²) in [5, 5.41) is 3.79. The fourth-order valence-corrected chi connectivity index (χ4v) is 4.66. The van der Waals surface area contributed by atoms with Crippen molar-refractivity contribution in [2.24, 2.45) is 5.92 Å². The fraction of sp³-hybridized carbons (Fsp3) is 0.400. The Morgan fingerprint density at radius 2 is 2.33 bits per heavy atom. The van der Waals surface area contributed by atoms with E-state index in [9.17, 15) is 0 Å². The summed E-state index contributed by atoms with van der Waals surface area (Å²) >= 11 is 4.05. The molecule has 0 radical (unpaired) electrons. The van der Waals surface area contributed by atoms with Crippen LogP contribution in [0.25, 0.3) is 0 Å². The lowest BCUT2D eigenvalue weighted by Gasteiger charge is -2.15. The molecule has 1 aliphatic heterocycles. The van der Waals surface area contributed by atoms with Crippen molar-refractivity contribution in [1.29, 1.82) is 0 Å². The van der Waals surface area contributed by atoms with Gasteiger partial charge < -0.3 is 0 Å². The van der Waals surface area contributed by atoms with Crippen molar-refractivity contribution in [3.63, 3.8) is 0 Å². The third kappa shape index (κ3) is 0.979. The van der Waals surface area contributed by atoms with Crippen molar-refractivity contribution in [1.82, 2.24) is 0 Å². The first-order chi connectivity index (χ1) is 5.93. The maximum absolute atomic E-state index is 2.41. The Hall–Kier alpha value is -0.210. The minimum absolute atomic E-state index is 0.778. The Kier molecular flexibility index (Phi) is 1.59. The van der Waals surface area contributed by atoms with E-state index < -0.39 is 0 Å². The summed E-state index contributed by atoms with van der Waals surface area (Å²) < 4.78 is 0. The highest BCUT2D eigenvalue weighted by Crippen LogP contribution is 2.54. The molecular formula is C10H10S2. The average Bonchev–Trinajstić information content (AvgIpc) is 2.81. The van der Waals surface area contributed by atoms with Gasteiger partial charge in [0.05, 0.1) is 0 Å². The summed E-state index contributed by atoms with van der Waals surface area (Å²) in [6.45, 7) is 0. The minimum Gasteiger partial charge on any atom is -0.148 e. The summed E-state index contributed by atoms with van der Waals surface area (Å²) in [4.78, 5) is 1.57. The predicted molar refractivity (Wildman–Crippen MR) is 55.7 cm³/mol. The number of rotatable bonds is 1. The van der Waals surface area contributed by atoms with Gasteiger partial charge in [0.1, 0.15) is 0 Å². The normalized spacial score (nSPS) is 37.8. The Balaban J connectivity index is 1.92. The Labute approximate surface area is 80.7 Å². The molecule has 2 heteroatoms. The molecule has 62 valence electrons. The Morgan fingerprint density at radius 1 is 1.33 bits per heavy atom. The van der Waals surface area contributed by atoms with Gasteiger partial charge in [0.2, 0.25) is 0 Å². The van der Waals surface area contributed by atoms with E-state index in [1.807, 2.05) is 11.3 Å². The van der Waals surface area contributed by atoms with Crippen LogP contribution in [0.15, 0.2) is 29.7 Å². The topological polar surface area (TPSA) is 0 Å². The number of thiophene rings is 1. The van der Waals surface area contributed by atoms with Gasteiger partial charge in [0.15, 0.2) is 0 Å².